The normalized spacial score (nSPS) is 23.2. The molecule has 19 heavy (non-hydrogen) atoms. The highest BCUT2D eigenvalue weighted by atomic mass is 32.2. The Morgan fingerprint density at radius 1 is 1.47 bits per heavy atom. The van der Waals surface area contributed by atoms with E-state index in [1.54, 1.807) is 6.92 Å². The highest BCUT2D eigenvalue weighted by molar-refractivity contribution is 7.91. The molecule has 1 fully saturated rings. The van der Waals surface area contributed by atoms with Crippen molar-refractivity contribution in [3.63, 3.8) is 0 Å². The van der Waals surface area contributed by atoms with E-state index in [-0.39, 0.29) is 17.5 Å². The van der Waals surface area contributed by atoms with Crippen LogP contribution in [-0.2, 0) is 19.4 Å². The van der Waals surface area contributed by atoms with E-state index >= 15 is 0 Å². The van der Waals surface area contributed by atoms with E-state index < -0.39 is 34.3 Å². The molecule has 0 aromatic carbocycles. The Morgan fingerprint density at radius 2 is 2.11 bits per heavy atom. The van der Waals surface area contributed by atoms with E-state index in [1.165, 1.54) is 0 Å². The first-order valence-corrected chi connectivity index (χ1v) is 8.04. The molecule has 2 unspecified atom stereocenters. The lowest BCUT2D eigenvalue weighted by Crippen LogP contribution is -2.50. The van der Waals surface area contributed by atoms with Gasteiger partial charge in [-0.2, -0.15) is 0 Å². The minimum absolute atomic E-state index is 0.0669. The topological polar surface area (TPSA) is 104 Å². The number of carboxylic acids is 1. The summed E-state index contributed by atoms with van der Waals surface area (Å²) in [5, 5.41) is 10.8. The fourth-order valence-corrected chi connectivity index (χ4v) is 4.09. The number of carbonyl (C=O) groups is 2. The molecule has 2 N–H and O–H groups in total. The van der Waals surface area contributed by atoms with Crippen LogP contribution in [0, 0.1) is 0 Å². The van der Waals surface area contributed by atoms with Crippen LogP contribution >= 0.6 is 0 Å². The number of likely N-dealkylation sites (N-methyl/N-ethyl adjacent to an activating group) is 1. The second kappa shape index (κ2) is 6.33. The number of amides is 1. The molecule has 0 spiro atoms. The van der Waals surface area contributed by atoms with Crippen LogP contribution in [0.4, 0.5) is 0 Å². The number of aliphatic carboxylic acids is 1. The van der Waals surface area contributed by atoms with Crippen molar-refractivity contribution in [2.24, 2.45) is 0 Å². The van der Waals surface area contributed by atoms with Crippen LogP contribution in [0.15, 0.2) is 0 Å². The number of carboxylic acid groups (broad SMARTS) is 1. The quantitative estimate of drug-likeness (QED) is 0.656. The summed E-state index contributed by atoms with van der Waals surface area (Å²) in [6.45, 7) is 3.63. The van der Waals surface area contributed by atoms with Gasteiger partial charge in [0, 0.05) is 6.04 Å². The average molecular weight is 292 g/mol. The largest absolute Gasteiger partial charge is 0.480 e. The lowest BCUT2D eigenvalue weighted by atomic mass is 10.1. The molecule has 8 heteroatoms. The molecular formula is C11H20N2O5S. The van der Waals surface area contributed by atoms with Gasteiger partial charge in [0.15, 0.2) is 9.84 Å². The smallest absolute Gasteiger partial charge is 0.322 e. The number of carbonyl (C=O) groups excluding carboxylic acids is 1. The summed E-state index contributed by atoms with van der Waals surface area (Å²) in [5.74, 6) is -1.28. The van der Waals surface area contributed by atoms with E-state index in [0.717, 1.165) is 0 Å². The third-order valence-corrected chi connectivity index (χ3v) is 5.08. The Kier molecular flexibility index (Phi) is 5.30. The van der Waals surface area contributed by atoms with E-state index in [4.69, 9.17) is 5.11 Å². The van der Waals surface area contributed by atoms with Gasteiger partial charge < -0.3 is 10.4 Å². The number of rotatable bonds is 6. The molecule has 1 aliphatic heterocycles. The van der Waals surface area contributed by atoms with Crippen molar-refractivity contribution in [2.75, 3.05) is 24.6 Å². The summed E-state index contributed by atoms with van der Waals surface area (Å²) in [5.41, 5.74) is 0. The van der Waals surface area contributed by atoms with Crippen LogP contribution in [0.1, 0.15) is 20.3 Å². The first kappa shape index (κ1) is 15.9. The molecule has 0 saturated carbocycles. The van der Waals surface area contributed by atoms with Crippen molar-refractivity contribution >= 4 is 21.7 Å². The number of nitrogens with one attached hydrogen (secondary N) is 1. The zero-order chi connectivity index (χ0) is 14.6. The predicted octanol–water partition coefficient (Wildman–Crippen LogP) is -0.915. The number of hydrogen-bond donors (Lipinski definition) is 2. The van der Waals surface area contributed by atoms with Crippen molar-refractivity contribution in [3.8, 4) is 0 Å². The van der Waals surface area contributed by atoms with Crippen LogP contribution in [0.2, 0.25) is 0 Å². The molecule has 1 amide bonds. The average Bonchev–Trinajstić information content (AvgIpc) is 2.67. The molecule has 1 aliphatic rings. The van der Waals surface area contributed by atoms with Gasteiger partial charge in [0.05, 0.1) is 17.5 Å². The van der Waals surface area contributed by atoms with Crippen molar-refractivity contribution in [2.45, 2.75) is 32.4 Å². The Hall–Kier alpha value is -1.15. The summed E-state index contributed by atoms with van der Waals surface area (Å²) in [7, 11) is -3.00. The van der Waals surface area contributed by atoms with E-state index in [0.29, 0.717) is 13.0 Å². The Balaban J connectivity index is 2.64. The molecule has 0 aliphatic carbocycles. The lowest BCUT2D eigenvalue weighted by molar-refractivity contribution is -0.138. The number of hydrogen-bond acceptors (Lipinski definition) is 5. The first-order valence-electron chi connectivity index (χ1n) is 6.22. The second-order valence-corrected chi connectivity index (χ2v) is 6.90. The van der Waals surface area contributed by atoms with Gasteiger partial charge in [-0.15, -0.1) is 0 Å². The molecule has 0 bridgehead atoms. The zero-order valence-electron chi connectivity index (χ0n) is 11.1. The van der Waals surface area contributed by atoms with Crippen LogP contribution < -0.4 is 5.32 Å². The summed E-state index contributed by atoms with van der Waals surface area (Å²) in [6, 6.07) is -0.705. The highest BCUT2D eigenvalue weighted by Gasteiger charge is 2.35. The molecule has 7 nitrogen and oxygen atoms in total. The Morgan fingerprint density at radius 3 is 2.53 bits per heavy atom. The maximum atomic E-state index is 11.8. The van der Waals surface area contributed by atoms with Gasteiger partial charge in [-0.25, -0.2) is 8.42 Å². The standard InChI is InChI=1S/C11H20N2O5S/c1-3-13(9-4-5-19(17,18)7-9)8(2)11(16)12-6-10(14)15/h8-9H,3-7H2,1-2H3,(H,12,16)(H,14,15). The SMILES string of the molecule is CCN(C1CCS(=O)(=O)C1)C(C)C(=O)NCC(=O)O. The Bertz CT molecular complexity index is 448. The minimum atomic E-state index is -3.00. The monoisotopic (exact) mass is 292 g/mol. The maximum absolute atomic E-state index is 11.8. The molecule has 1 heterocycles. The van der Waals surface area contributed by atoms with Crippen molar-refractivity contribution in [3.05, 3.63) is 0 Å². The van der Waals surface area contributed by atoms with Gasteiger partial charge in [-0.3, -0.25) is 14.5 Å². The Labute approximate surface area is 112 Å². The molecule has 0 radical (unpaired) electrons. The van der Waals surface area contributed by atoms with Crippen molar-refractivity contribution in [1.82, 2.24) is 10.2 Å². The maximum Gasteiger partial charge on any atom is 0.322 e. The van der Waals surface area contributed by atoms with Gasteiger partial charge >= 0.3 is 5.97 Å². The van der Waals surface area contributed by atoms with Gasteiger partial charge in [-0.05, 0) is 19.9 Å². The molecular weight excluding hydrogens is 272 g/mol. The van der Waals surface area contributed by atoms with Crippen LogP contribution in [0.25, 0.3) is 0 Å². The van der Waals surface area contributed by atoms with Gasteiger partial charge in [0.2, 0.25) is 5.91 Å². The molecule has 110 valence electrons. The lowest BCUT2D eigenvalue weighted by Gasteiger charge is -2.31. The number of sulfone groups is 1. The zero-order valence-corrected chi connectivity index (χ0v) is 11.9. The second-order valence-electron chi connectivity index (χ2n) is 4.67. The molecule has 2 atom stereocenters. The molecule has 0 aromatic heterocycles. The van der Waals surface area contributed by atoms with Gasteiger partial charge in [0.1, 0.15) is 6.54 Å². The number of nitrogens with zero attached hydrogens (tertiary/aromatic N) is 1. The van der Waals surface area contributed by atoms with Crippen LogP contribution in [0.3, 0.4) is 0 Å². The molecule has 1 rings (SSSR count). The molecule has 1 saturated heterocycles. The fraction of sp³-hybridized carbons (Fsp3) is 0.818. The van der Waals surface area contributed by atoms with Crippen LogP contribution in [0.5, 0.6) is 0 Å². The first-order chi connectivity index (χ1) is 8.76. The van der Waals surface area contributed by atoms with Gasteiger partial charge in [-0.1, -0.05) is 6.92 Å². The summed E-state index contributed by atoms with van der Waals surface area (Å²) >= 11 is 0. The van der Waals surface area contributed by atoms with E-state index in [9.17, 15) is 18.0 Å². The van der Waals surface area contributed by atoms with Crippen molar-refractivity contribution < 1.29 is 23.1 Å². The van der Waals surface area contributed by atoms with Crippen LogP contribution in [-0.4, -0.2) is 67.0 Å². The van der Waals surface area contributed by atoms with E-state index in [2.05, 4.69) is 5.32 Å². The van der Waals surface area contributed by atoms with Crippen molar-refractivity contribution in [1.29, 1.82) is 0 Å². The summed E-state index contributed by atoms with van der Waals surface area (Å²) in [4.78, 5) is 24.0. The highest BCUT2D eigenvalue weighted by Crippen LogP contribution is 2.19. The van der Waals surface area contributed by atoms with E-state index in [1.807, 2.05) is 11.8 Å². The van der Waals surface area contributed by atoms with Gasteiger partial charge in [0.25, 0.3) is 0 Å². The fourth-order valence-electron chi connectivity index (χ4n) is 2.35. The predicted molar refractivity (Wildman–Crippen MR) is 69.5 cm³/mol. The summed E-state index contributed by atoms with van der Waals surface area (Å²) < 4.78 is 22.9. The third-order valence-electron chi connectivity index (χ3n) is 3.33. The third kappa shape index (κ3) is 4.46. The molecule has 0 aromatic rings. The summed E-state index contributed by atoms with van der Waals surface area (Å²) in [6.07, 6.45) is 0.521. The minimum Gasteiger partial charge on any atom is -0.480 e.